The zero-order chi connectivity index (χ0) is 9.42. The fourth-order valence-corrected chi connectivity index (χ4v) is 3.82. The normalized spacial score (nSPS) is 10.9. The van der Waals surface area contributed by atoms with E-state index in [1.54, 1.807) is 11.3 Å². The lowest BCUT2D eigenvalue weighted by atomic mass is 10.2. The highest BCUT2D eigenvalue weighted by molar-refractivity contribution is 14.1. The number of hydrogen-bond acceptors (Lipinski definition) is 2. The summed E-state index contributed by atoms with van der Waals surface area (Å²) in [4.78, 5) is 1.22. The van der Waals surface area contributed by atoms with Crippen molar-refractivity contribution in [2.75, 3.05) is 5.73 Å². The number of rotatable bonds is 1. The molecule has 0 unspecified atom stereocenters. The Labute approximate surface area is 99.0 Å². The third-order valence-corrected chi connectivity index (χ3v) is 5.03. The molecular weight excluding hydrogens is 317 g/mol. The molecule has 0 aliphatic heterocycles. The maximum absolute atomic E-state index is 5.82. The molecule has 1 aromatic heterocycles. The van der Waals surface area contributed by atoms with Crippen LogP contribution in [0.15, 0.2) is 18.2 Å². The summed E-state index contributed by atoms with van der Waals surface area (Å²) >= 11 is 9.88. The molecule has 0 aliphatic rings. The Hall–Kier alpha value is -0.000000000000000167. The monoisotopic (exact) mass is 323 g/mol. The maximum Gasteiger partial charge on any atom is 0.0579 e. The molecule has 68 valence electrons. The molecule has 2 aromatic rings. The smallest absolute Gasteiger partial charge is 0.0579 e. The predicted molar refractivity (Wildman–Crippen MR) is 68.5 cm³/mol. The summed E-state index contributed by atoms with van der Waals surface area (Å²) in [6, 6.07) is 5.98. The highest BCUT2D eigenvalue weighted by atomic mass is 127. The quantitative estimate of drug-likeness (QED) is 0.482. The Morgan fingerprint density at radius 3 is 2.92 bits per heavy atom. The molecule has 4 heteroatoms. The molecule has 1 nitrogen and oxygen atoms in total. The van der Waals surface area contributed by atoms with Crippen LogP contribution in [0.1, 0.15) is 4.88 Å². The van der Waals surface area contributed by atoms with Crippen LogP contribution in [0.25, 0.3) is 10.1 Å². The first-order valence-electron chi connectivity index (χ1n) is 3.74. The van der Waals surface area contributed by atoms with E-state index in [9.17, 15) is 0 Å². The molecule has 0 atom stereocenters. The third-order valence-electron chi connectivity index (χ3n) is 1.84. The van der Waals surface area contributed by atoms with Gasteiger partial charge in [-0.25, -0.2) is 0 Å². The minimum absolute atomic E-state index is 0.581. The van der Waals surface area contributed by atoms with Crippen molar-refractivity contribution in [3.63, 3.8) is 0 Å². The summed E-state index contributed by atoms with van der Waals surface area (Å²) in [6.07, 6.45) is 0. The summed E-state index contributed by atoms with van der Waals surface area (Å²) < 4.78 is 2.49. The number of fused-ring (bicyclic) bond motifs is 1. The average molecular weight is 324 g/mol. The fourth-order valence-electron chi connectivity index (χ4n) is 1.22. The second kappa shape index (κ2) is 3.63. The van der Waals surface area contributed by atoms with Gasteiger partial charge in [-0.05, 0) is 40.8 Å². The van der Waals surface area contributed by atoms with Crippen LogP contribution in [0.2, 0.25) is 0 Å². The van der Waals surface area contributed by atoms with E-state index in [2.05, 4.69) is 22.6 Å². The van der Waals surface area contributed by atoms with Crippen LogP contribution in [0.4, 0.5) is 5.69 Å². The number of alkyl halides is 1. The number of nitrogen functional groups attached to an aromatic ring is 1. The van der Waals surface area contributed by atoms with Gasteiger partial charge in [-0.1, -0.05) is 0 Å². The topological polar surface area (TPSA) is 26.0 Å². The van der Waals surface area contributed by atoms with E-state index in [1.165, 1.54) is 18.5 Å². The summed E-state index contributed by atoms with van der Waals surface area (Å²) in [5.41, 5.74) is 6.52. The van der Waals surface area contributed by atoms with Crippen molar-refractivity contribution in [1.82, 2.24) is 0 Å². The van der Waals surface area contributed by atoms with Crippen LogP contribution in [0.5, 0.6) is 0 Å². The van der Waals surface area contributed by atoms with Gasteiger partial charge in [0.25, 0.3) is 0 Å². The van der Waals surface area contributed by atoms with Gasteiger partial charge in [0, 0.05) is 24.2 Å². The van der Waals surface area contributed by atoms with E-state index >= 15 is 0 Å². The zero-order valence-electron chi connectivity index (χ0n) is 6.68. The molecule has 1 heterocycles. The molecule has 0 spiro atoms. The SMILES string of the molecule is Nc1ccc2sc(CCl)c(I)c2c1. The Morgan fingerprint density at radius 2 is 2.23 bits per heavy atom. The Bertz CT molecular complexity index is 452. The first kappa shape index (κ1) is 9.55. The zero-order valence-corrected chi connectivity index (χ0v) is 10.4. The Kier molecular flexibility index (Phi) is 2.67. The van der Waals surface area contributed by atoms with Crippen molar-refractivity contribution in [3.05, 3.63) is 26.6 Å². The molecule has 0 radical (unpaired) electrons. The number of halogens is 2. The number of hydrogen-bond donors (Lipinski definition) is 1. The summed E-state index contributed by atoms with van der Waals surface area (Å²) in [5, 5.41) is 1.22. The van der Waals surface area contributed by atoms with E-state index in [1.807, 2.05) is 18.2 Å². The second-order valence-electron chi connectivity index (χ2n) is 2.73. The molecule has 2 N–H and O–H groups in total. The molecule has 1 aromatic carbocycles. The highest BCUT2D eigenvalue weighted by Gasteiger charge is 2.08. The summed E-state index contributed by atoms with van der Waals surface area (Å²) in [6.45, 7) is 0. The van der Waals surface area contributed by atoms with Crippen molar-refractivity contribution >= 4 is 61.3 Å². The van der Waals surface area contributed by atoms with Crippen molar-refractivity contribution in [2.45, 2.75) is 5.88 Å². The van der Waals surface area contributed by atoms with Crippen LogP contribution in [-0.2, 0) is 5.88 Å². The molecule has 0 aliphatic carbocycles. The van der Waals surface area contributed by atoms with Gasteiger partial charge in [0.1, 0.15) is 0 Å². The van der Waals surface area contributed by atoms with E-state index in [-0.39, 0.29) is 0 Å². The Morgan fingerprint density at radius 1 is 1.46 bits per heavy atom. The van der Waals surface area contributed by atoms with Crippen molar-refractivity contribution in [3.8, 4) is 0 Å². The van der Waals surface area contributed by atoms with Gasteiger partial charge in [-0.3, -0.25) is 0 Å². The Balaban J connectivity index is 2.77. The number of benzene rings is 1. The van der Waals surface area contributed by atoms with Gasteiger partial charge in [-0.2, -0.15) is 0 Å². The molecular formula is C9H7ClINS. The first-order valence-corrected chi connectivity index (χ1v) is 6.17. The van der Waals surface area contributed by atoms with E-state index < -0.39 is 0 Å². The third kappa shape index (κ3) is 1.65. The maximum atomic E-state index is 5.82. The van der Waals surface area contributed by atoms with Crippen LogP contribution in [0, 0.1) is 3.57 Å². The van der Waals surface area contributed by atoms with Crippen molar-refractivity contribution < 1.29 is 0 Å². The molecule has 0 fully saturated rings. The lowest BCUT2D eigenvalue weighted by Crippen LogP contribution is -1.82. The van der Waals surface area contributed by atoms with Gasteiger partial charge in [0.2, 0.25) is 0 Å². The average Bonchev–Trinajstić information content (AvgIpc) is 2.44. The second-order valence-corrected chi connectivity index (χ2v) is 5.21. The largest absolute Gasteiger partial charge is 0.399 e. The van der Waals surface area contributed by atoms with Crippen molar-refractivity contribution in [1.29, 1.82) is 0 Å². The van der Waals surface area contributed by atoms with E-state index in [4.69, 9.17) is 17.3 Å². The summed E-state index contributed by atoms with van der Waals surface area (Å²) in [7, 11) is 0. The molecule has 2 rings (SSSR count). The van der Waals surface area contributed by atoms with Gasteiger partial charge in [0.15, 0.2) is 0 Å². The van der Waals surface area contributed by atoms with Gasteiger partial charge in [-0.15, -0.1) is 22.9 Å². The van der Waals surface area contributed by atoms with Crippen LogP contribution in [0.3, 0.4) is 0 Å². The van der Waals surface area contributed by atoms with Gasteiger partial charge >= 0.3 is 0 Å². The van der Waals surface area contributed by atoms with Crippen LogP contribution < -0.4 is 5.73 Å². The first-order chi connectivity index (χ1) is 6.22. The molecule has 13 heavy (non-hydrogen) atoms. The number of nitrogens with two attached hydrogens (primary N) is 1. The highest BCUT2D eigenvalue weighted by Crippen LogP contribution is 2.34. The summed E-state index contributed by atoms with van der Waals surface area (Å²) in [5.74, 6) is 0.581. The van der Waals surface area contributed by atoms with Crippen LogP contribution in [-0.4, -0.2) is 0 Å². The lowest BCUT2D eigenvalue weighted by molar-refractivity contribution is 1.51. The fraction of sp³-hybridized carbons (Fsp3) is 0.111. The van der Waals surface area contributed by atoms with Gasteiger partial charge < -0.3 is 5.73 Å². The van der Waals surface area contributed by atoms with Crippen molar-refractivity contribution in [2.24, 2.45) is 0 Å². The van der Waals surface area contributed by atoms with Crippen LogP contribution >= 0.6 is 45.5 Å². The minimum atomic E-state index is 0.581. The number of thiophene rings is 1. The van der Waals surface area contributed by atoms with Gasteiger partial charge in [0.05, 0.1) is 5.88 Å². The van der Waals surface area contributed by atoms with E-state index in [0.717, 1.165) is 5.69 Å². The number of anilines is 1. The predicted octanol–water partition coefficient (Wildman–Crippen LogP) is 3.83. The molecule has 0 saturated heterocycles. The molecule has 0 bridgehead atoms. The van der Waals surface area contributed by atoms with E-state index in [0.29, 0.717) is 5.88 Å². The molecule has 0 saturated carbocycles. The lowest BCUT2D eigenvalue weighted by Gasteiger charge is -1.93. The standard InChI is InChI=1S/C9H7ClINS/c10-4-8-9(11)6-3-5(12)1-2-7(6)13-8/h1-3H,4,12H2. The molecule has 0 amide bonds. The minimum Gasteiger partial charge on any atom is -0.399 e.